The monoisotopic (exact) mass is 420 g/mol. The van der Waals surface area contributed by atoms with E-state index >= 15 is 0 Å². The van der Waals surface area contributed by atoms with Crippen LogP contribution >= 0.6 is 12.2 Å². The number of benzene rings is 2. The van der Waals surface area contributed by atoms with Crippen LogP contribution in [0.15, 0.2) is 59.5 Å². The van der Waals surface area contributed by atoms with Crippen LogP contribution in [0, 0.1) is 5.92 Å². The maximum atomic E-state index is 12.4. The number of anilines is 1. The molecule has 0 heterocycles. The lowest BCUT2D eigenvalue weighted by Crippen LogP contribution is -2.47. The summed E-state index contributed by atoms with van der Waals surface area (Å²) in [5.41, 5.74) is 5.69. The van der Waals surface area contributed by atoms with Crippen LogP contribution in [0.5, 0.6) is 0 Å². The Balaban J connectivity index is 1.95. The molecule has 0 unspecified atom stereocenters. The van der Waals surface area contributed by atoms with Crippen LogP contribution in [-0.2, 0) is 10.0 Å². The number of carbonyl (C=O) groups excluding carboxylic acids is 1. The molecule has 0 fully saturated rings. The second-order valence-electron chi connectivity index (χ2n) is 6.52. The quantitative estimate of drug-likeness (QED) is 0.406. The normalized spacial score (nSPS) is 11.0. The van der Waals surface area contributed by atoms with Gasteiger partial charge in [0, 0.05) is 17.8 Å². The Morgan fingerprint density at radius 3 is 2.43 bits per heavy atom. The lowest BCUT2D eigenvalue weighted by Gasteiger charge is -2.13. The summed E-state index contributed by atoms with van der Waals surface area (Å²) in [6.07, 6.45) is 0.958. The second-order valence-corrected chi connectivity index (χ2v) is 8.61. The van der Waals surface area contributed by atoms with Gasteiger partial charge in [0.2, 0.25) is 0 Å². The standard InChI is InChI=1S/C19H24N4O3S2/c1-14(2)11-12-20-19(27)22-21-18(24)15-7-6-8-16(13-15)23-28(25,26)17-9-4-3-5-10-17/h3-10,13-14,23H,11-12H2,1-2H3,(H,21,24)(H2,20,22,27). The highest BCUT2D eigenvalue weighted by molar-refractivity contribution is 7.92. The van der Waals surface area contributed by atoms with Gasteiger partial charge >= 0.3 is 0 Å². The molecule has 0 radical (unpaired) electrons. The molecule has 150 valence electrons. The Hall–Kier alpha value is -2.65. The van der Waals surface area contributed by atoms with E-state index in [-0.39, 0.29) is 16.1 Å². The van der Waals surface area contributed by atoms with Gasteiger partial charge in [-0.05, 0) is 54.9 Å². The first-order valence-corrected chi connectivity index (χ1v) is 10.7. The predicted octanol–water partition coefficient (Wildman–Crippen LogP) is 2.64. The largest absolute Gasteiger partial charge is 0.361 e. The third kappa shape index (κ3) is 6.82. The minimum atomic E-state index is -3.73. The summed E-state index contributed by atoms with van der Waals surface area (Å²) >= 11 is 5.10. The number of hydrogen-bond acceptors (Lipinski definition) is 4. The zero-order valence-corrected chi connectivity index (χ0v) is 17.4. The smallest absolute Gasteiger partial charge is 0.269 e. The van der Waals surface area contributed by atoms with Crippen LogP contribution in [0.25, 0.3) is 0 Å². The van der Waals surface area contributed by atoms with Crippen LogP contribution in [0.1, 0.15) is 30.6 Å². The number of hydrazine groups is 1. The zero-order chi connectivity index (χ0) is 20.6. The summed E-state index contributed by atoms with van der Waals surface area (Å²) in [4.78, 5) is 12.4. The van der Waals surface area contributed by atoms with E-state index < -0.39 is 15.9 Å². The van der Waals surface area contributed by atoms with E-state index in [4.69, 9.17) is 12.2 Å². The minimum absolute atomic E-state index is 0.143. The summed E-state index contributed by atoms with van der Waals surface area (Å²) in [6, 6.07) is 14.2. The van der Waals surface area contributed by atoms with Gasteiger partial charge in [-0.15, -0.1) is 0 Å². The first-order chi connectivity index (χ1) is 13.3. The third-order valence-electron chi connectivity index (χ3n) is 3.73. The van der Waals surface area contributed by atoms with E-state index in [2.05, 4.69) is 34.7 Å². The molecule has 0 aliphatic carbocycles. The number of hydrogen-bond donors (Lipinski definition) is 4. The van der Waals surface area contributed by atoms with Gasteiger partial charge in [-0.2, -0.15) is 0 Å². The minimum Gasteiger partial charge on any atom is -0.361 e. The Kier molecular flexibility index (Phi) is 7.77. The van der Waals surface area contributed by atoms with Crippen LogP contribution < -0.4 is 20.9 Å². The van der Waals surface area contributed by atoms with Gasteiger partial charge in [0.05, 0.1) is 4.90 Å². The van der Waals surface area contributed by atoms with Crippen molar-refractivity contribution in [3.63, 3.8) is 0 Å². The maximum absolute atomic E-state index is 12.4. The molecule has 28 heavy (non-hydrogen) atoms. The molecule has 0 aliphatic rings. The van der Waals surface area contributed by atoms with Crippen molar-refractivity contribution in [1.29, 1.82) is 0 Å². The fourth-order valence-electron chi connectivity index (χ4n) is 2.24. The Morgan fingerprint density at radius 1 is 1.04 bits per heavy atom. The van der Waals surface area contributed by atoms with Gasteiger partial charge in [-0.25, -0.2) is 8.42 Å². The molecule has 2 aromatic rings. The van der Waals surface area contributed by atoms with E-state index in [1.165, 1.54) is 18.2 Å². The zero-order valence-electron chi connectivity index (χ0n) is 15.7. The average molecular weight is 421 g/mol. The highest BCUT2D eigenvalue weighted by atomic mass is 32.2. The lowest BCUT2D eigenvalue weighted by molar-refractivity contribution is 0.0943. The first kappa shape index (κ1) is 21.6. The van der Waals surface area contributed by atoms with Crippen molar-refractivity contribution in [1.82, 2.24) is 16.2 Å². The number of nitrogens with one attached hydrogen (secondary N) is 4. The Morgan fingerprint density at radius 2 is 1.75 bits per heavy atom. The van der Waals surface area contributed by atoms with Crippen molar-refractivity contribution in [3.8, 4) is 0 Å². The topological polar surface area (TPSA) is 99.3 Å². The lowest BCUT2D eigenvalue weighted by atomic mass is 10.1. The van der Waals surface area contributed by atoms with Gasteiger partial charge in [-0.1, -0.05) is 38.1 Å². The van der Waals surface area contributed by atoms with Crippen LogP contribution in [-0.4, -0.2) is 26.0 Å². The molecule has 0 aliphatic heterocycles. The molecule has 7 nitrogen and oxygen atoms in total. The molecule has 0 saturated heterocycles. The van der Waals surface area contributed by atoms with E-state index in [9.17, 15) is 13.2 Å². The van der Waals surface area contributed by atoms with Crippen molar-refractivity contribution < 1.29 is 13.2 Å². The van der Waals surface area contributed by atoms with Crippen molar-refractivity contribution in [2.45, 2.75) is 25.2 Å². The van der Waals surface area contributed by atoms with Gasteiger partial charge < -0.3 is 5.32 Å². The molecule has 0 bridgehead atoms. The number of rotatable bonds is 7. The second kappa shape index (κ2) is 10.0. The fourth-order valence-corrected chi connectivity index (χ4v) is 3.47. The molecule has 0 aromatic heterocycles. The summed E-state index contributed by atoms with van der Waals surface area (Å²) in [5.74, 6) is 0.112. The van der Waals surface area contributed by atoms with Crippen LogP contribution in [0.4, 0.5) is 5.69 Å². The molecule has 2 aromatic carbocycles. The van der Waals surface area contributed by atoms with E-state index in [1.54, 1.807) is 36.4 Å². The molecule has 2 rings (SSSR count). The van der Waals surface area contributed by atoms with E-state index in [0.29, 0.717) is 17.6 Å². The van der Waals surface area contributed by atoms with E-state index in [1.807, 2.05) is 0 Å². The molecule has 0 saturated carbocycles. The molecule has 1 amide bonds. The first-order valence-electron chi connectivity index (χ1n) is 8.80. The number of thiocarbonyl (C=S) groups is 1. The van der Waals surface area contributed by atoms with Crippen LogP contribution in [0.3, 0.4) is 0 Å². The molecule has 9 heteroatoms. The highest BCUT2D eigenvalue weighted by Gasteiger charge is 2.14. The molecule has 4 N–H and O–H groups in total. The number of sulfonamides is 1. The summed E-state index contributed by atoms with van der Waals surface area (Å²) < 4.78 is 27.3. The van der Waals surface area contributed by atoms with Gasteiger partial charge in [-0.3, -0.25) is 20.4 Å². The third-order valence-corrected chi connectivity index (χ3v) is 5.37. The van der Waals surface area contributed by atoms with Gasteiger partial charge in [0.25, 0.3) is 15.9 Å². The van der Waals surface area contributed by atoms with Crippen molar-refractivity contribution in [2.75, 3.05) is 11.3 Å². The Bertz CT molecular complexity index is 916. The fraction of sp³-hybridized carbons (Fsp3) is 0.263. The van der Waals surface area contributed by atoms with Gasteiger partial charge in [0.1, 0.15) is 0 Å². The van der Waals surface area contributed by atoms with Crippen LogP contribution in [0.2, 0.25) is 0 Å². The van der Waals surface area contributed by atoms with Crippen molar-refractivity contribution in [2.24, 2.45) is 5.92 Å². The molecule has 0 spiro atoms. The van der Waals surface area contributed by atoms with Gasteiger partial charge in [0.15, 0.2) is 5.11 Å². The predicted molar refractivity (Wildman–Crippen MR) is 114 cm³/mol. The molecule has 0 atom stereocenters. The summed E-state index contributed by atoms with van der Waals surface area (Å²) in [5, 5.41) is 3.31. The van der Waals surface area contributed by atoms with E-state index in [0.717, 1.165) is 6.42 Å². The molecular formula is C19H24N4O3S2. The average Bonchev–Trinajstić information content (AvgIpc) is 2.66. The molecular weight excluding hydrogens is 396 g/mol. The number of carbonyl (C=O) groups is 1. The highest BCUT2D eigenvalue weighted by Crippen LogP contribution is 2.17. The summed E-state index contributed by atoms with van der Waals surface area (Å²) in [7, 11) is -3.73. The van der Waals surface area contributed by atoms with Crippen molar-refractivity contribution >= 4 is 38.9 Å². The Labute approximate surface area is 170 Å². The maximum Gasteiger partial charge on any atom is 0.269 e. The SMILES string of the molecule is CC(C)CCNC(=S)NNC(=O)c1cccc(NS(=O)(=O)c2ccccc2)c1. The summed E-state index contributed by atoms with van der Waals surface area (Å²) in [6.45, 7) is 4.92. The van der Waals surface area contributed by atoms with Crippen molar-refractivity contribution in [3.05, 3.63) is 60.2 Å². The number of amides is 1.